The molecule has 4 nitrogen and oxygen atoms in total. The molecule has 2 aromatic carbocycles. The first-order chi connectivity index (χ1) is 11.7. The van der Waals surface area contributed by atoms with Crippen LogP contribution in [-0.2, 0) is 4.79 Å². The number of hydrogen-bond acceptors (Lipinski definition) is 4. The van der Waals surface area contributed by atoms with E-state index in [4.69, 9.17) is 0 Å². The molecule has 1 saturated carbocycles. The third-order valence-corrected chi connectivity index (χ3v) is 4.99. The Morgan fingerprint density at radius 1 is 1.08 bits per heavy atom. The van der Waals surface area contributed by atoms with Crippen molar-refractivity contribution in [2.24, 2.45) is 5.92 Å². The second-order valence-corrected chi connectivity index (χ2v) is 6.75. The van der Waals surface area contributed by atoms with E-state index in [2.05, 4.69) is 15.5 Å². The number of carbonyl (C=O) groups is 1. The Morgan fingerprint density at radius 2 is 1.83 bits per heavy atom. The van der Waals surface area contributed by atoms with Gasteiger partial charge in [0.05, 0.1) is 0 Å². The van der Waals surface area contributed by atoms with Crippen LogP contribution in [0, 0.1) is 11.7 Å². The smallest absolute Gasteiger partial charge is 0.229 e. The fourth-order valence-electron chi connectivity index (χ4n) is 2.73. The predicted octanol–water partition coefficient (Wildman–Crippen LogP) is 4.09. The molecule has 3 aromatic rings. The topological polar surface area (TPSA) is 54.9 Å². The van der Waals surface area contributed by atoms with Crippen LogP contribution >= 0.6 is 11.3 Å². The maximum absolute atomic E-state index is 13.0. The van der Waals surface area contributed by atoms with Crippen LogP contribution < -0.4 is 5.32 Å². The van der Waals surface area contributed by atoms with Gasteiger partial charge in [0, 0.05) is 11.5 Å². The zero-order chi connectivity index (χ0) is 16.5. The fourth-order valence-corrected chi connectivity index (χ4v) is 3.48. The van der Waals surface area contributed by atoms with E-state index in [1.165, 1.54) is 23.5 Å². The maximum Gasteiger partial charge on any atom is 0.229 e. The van der Waals surface area contributed by atoms with Crippen molar-refractivity contribution in [3.8, 4) is 10.6 Å². The Morgan fingerprint density at radius 3 is 2.58 bits per heavy atom. The summed E-state index contributed by atoms with van der Waals surface area (Å²) in [5.74, 6) is -0.241. The lowest BCUT2D eigenvalue weighted by molar-refractivity contribution is -0.117. The van der Waals surface area contributed by atoms with Crippen molar-refractivity contribution in [1.29, 1.82) is 0 Å². The van der Waals surface area contributed by atoms with Gasteiger partial charge in [0.15, 0.2) is 0 Å². The minimum Gasteiger partial charge on any atom is -0.300 e. The van der Waals surface area contributed by atoms with Crippen molar-refractivity contribution in [2.45, 2.75) is 12.3 Å². The van der Waals surface area contributed by atoms with Crippen molar-refractivity contribution in [2.75, 3.05) is 5.32 Å². The Kier molecular flexibility index (Phi) is 3.82. The van der Waals surface area contributed by atoms with Gasteiger partial charge in [-0.2, -0.15) is 0 Å². The van der Waals surface area contributed by atoms with E-state index in [1.807, 2.05) is 30.3 Å². The standard InChI is InChI=1S/C18H14FN3OS/c19-13-8-6-11(7-9-13)14-10-15(14)16(23)20-18-22-21-17(24-18)12-4-2-1-3-5-12/h1-9,14-15H,10H2,(H,20,22,23). The minimum absolute atomic E-state index is 0.0555. The van der Waals surface area contributed by atoms with Crippen LogP contribution in [0.1, 0.15) is 17.9 Å². The van der Waals surface area contributed by atoms with Gasteiger partial charge < -0.3 is 5.32 Å². The maximum atomic E-state index is 13.0. The van der Waals surface area contributed by atoms with Crippen LogP contribution in [0.15, 0.2) is 54.6 Å². The molecule has 1 aliphatic rings. The summed E-state index contributed by atoms with van der Waals surface area (Å²) in [6.45, 7) is 0. The highest BCUT2D eigenvalue weighted by molar-refractivity contribution is 7.18. The number of anilines is 1. The van der Waals surface area contributed by atoms with Crippen molar-refractivity contribution < 1.29 is 9.18 Å². The largest absolute Gasteiger partial charge is 0.300 e. The molecular weight excluding hydrogens is 325 g/mol. The van der Waals surface area contributed by atoms with E-state index in [9.17, 15) is 9.18 Å². The number of rotatable bonds is 4. The van der Waals surface area contributed by atoms with E-state index in [1.54, 1.807) is 12.1 Å². The molecule has 24 heavy (non-hydrogen) atoms. The van der Waals surface area contributed by atoms with Crippen LogP contribution in [0.4, 0.5) is 9.52 Å². The van der Waals surface area contributed by atoms with Crippen molar-refractivity contribution in [1.82, 2.24) is 10.2 Å². The highest BCUT2D eigenvalue weighted by Crippen LogP contribution is 2.48. The van der Waals surface area contributed by atoms with Gasteiger partial charge in [-0.25, -0.2) is 4.39 Å². The van der Waals surface area contributed by atoms with Crippen molar-refractivity contribution in [3.05, 3.63) is 66.0 Å². The molecule has 2 atom stereocenters. The molecule has 1 N–H and O–H groups in total. The molecule has 1 aliphatic carbocycles. The van der Waals surface area contributed by atoms with E-state index in [0.717, 1.165) is 22.6 Å². The van der Waals surface area contributed by atoms with E-state index >= 15 is 0 Å². The summed E-state index contributed by atoms with van der Waals surface area (Å²) in [4.78, 5) is 12.3. The SMILES string of the molecule is O=C(Nc1nnc(-c2ccccc2)s1)C1CC1c1ccc(F)cc1. The van der Waals surface area contributed by atoms with E-state index < -0.39 is 0 Å². The fraction of sp³-hybridized carbons (Fsp3) is 0.167. The first-order valence-electron chi connectivity index (χ1n) is 7.66. The zero-order valence-corrected chi connectivity index (χ0v) is 13.5. The first kappa shape index (κ1) is 15.0. The van der Waals surface area contributed by atoms with Crippen LogP contribution in [-0.4, -0.2) is 16.1 Å². The van der Waals surface area contributed by atoms with Crippen LogP contribution in [0.2, 0.25) is 0 Å². The number of benzene rings is 2. The van der Waals surface area contributed by atoms with Crippen LogP contribution in [0.5, 0.6) is 0 Å². The molecule has 0 radical (unpaired) electrons. The minimum atomic E-state index is -0.261. The molecular formula is C18H14FN3OS. The summed E-state index contributed by atoms with van der Waals surface area (Å²) in [7, 11) is 0. The number of hydrogen-bond donors (Lipinski definition) is 1. The number of amides is 1. The number of halogens is 1. The Balaban J connectivity index is 1.41. The summed E-state index contributed by atoms with van der Waals surface area (Å²) >= 11 is 1.35. The monoisotopic (exact) mass is 339 g/mol. The molecule has 1 amide bonds. The van der Waals surface area contributed by atoms with Crippen LogP contribution in [0.3, 0.4) is 0 Å². The third kappa shape index (κ3) is 3.05. The summed E-state index contributed by atoms with van der Waals surface area (Å²) in [5, 5.41) is 12.3. The second kappa shape index (κ2) is 6.13. The van der Waals surface area contributed by atoms with Gasteiger partial charge in [-0.1, -0.05) is 53.8 Å². The van der Waals surface area contributed by atoms with Gasteiger partial charge in [-0.3, -0.25) is 4.79 Å². The molecule has 1 aromatic heterocycles. The Labute approximate surface area is 142 Å². The molecule has 0 saturated heterocycles. The van der Waals surface area contributed by atoms with Gasteiger partial charge in [0.25, 0.3) is 0 Å². The molecule has 6 heteroatoms. The lowest BCUT2D eigenvalue weighted by Crippen LogP contribution is -2.14. The molecule has 0 spiro atoms. The highest BCUT2D eigenvalue weighted by atomic mass is 32.1. The second-order valence-electron chi connectivity index (χ2n) is 5.77. The van der Waals surface area contributed by atoms with Gasteiger partial charge in [0.2, 0.25) is 11.0 Å². The molecule has 0 bridgehead atoms. The summed E-state index contributed by atoms with van der Waals surface area (Å²) in [6, 6.07) is 16.1. The molecule has 0 aliphatic heterocycles. The predicted molar refractivity (Wildman–Crippen MR) is 91.2 cm³/mol. The van der Waals surface area contributed by atoms with Crippen molar-refractivity contribution >= 4 is 22.4 Å². The Bertz CT molecular complexity index is 863. The highest BCUT2D eigenvalue weighted by Gasteiger charge is 2.44. The van der Waals surface area contributed by atoms with E-state index in [-0.39, 0.29) is 23.6 Å². The zero-order valence-electron chi connectivity index (χ0n) is 12.6. The lowest BCUT2D eigenvalue weighted by atomic mass is 10.1. The average Bonchev–Trinajstić information content (AvgIpc) is 3.28. The summed E-state index contributed by atoms with van der Waals surface area (Å²) in [6.07, 6.45) is 0.780. The van der Waals surface area contributed by atoms with Gasteiger partial charge in [-0.05, 0) is 30.0 Å². The number of aromatic nitrogens is 2. The third-order valence-electron chi connectivity index (χ3n) is 4.10. The van der Waals surface area contributed by atoms with Gasteiger partial charge in [0.1, 0.15) is 10.8 Å². The average molecular weight is 339 g/mol. The number of nitrogens with zero attached hydrogens (tertiary/aromatic N) is 2. The quantitative estimate of drug-likeness (QED) is 0.779. The van der Waals surface area contributed by atoms with Gasteiger partial charge >= 0.3 is 0 Å². The molecule has 120 valence electrons. The normalized spacial score (nSPS) is 19.0. The lowest BCUT2D eigenvalue weighted by Gasteiger charge is -2.01. The summed E-state index contributed by atoms with van der Waals surface area (Å²) in [5.41, 5.74) is 1.98. The Hall–Kier alpha value is -2.60. The van der Waals surface area contributed by atoms with E-state index in [0.29, 0.717) is 5.13 Å². The number of carbonyl (C=O) groups excluding carboxylic acids is 1. The molecule has 1 heterocycles. The summed E-state index contributed by atoms with van der Waals surface area (Å²) < 4.78 is 13.0. The van der Waals surface area contributed by atoms with Crippen LogP contribution in [0.25, 0.3) is 10.6 Å². The first-order valence-corrected chi connectivity index (χ1v) is 8.47. The molecule has 1 fully saturated rings. The number of nitrogens with one attached hydrogen (secondary N) is 1. The molecule has 2 unspecified atom stereocenters. The van der Waals surface area contributed by atoms with Gasteiger partial charge in [-0.15, -0.1) is 10.2 Å². The van der Waals surface area contributed by atoms with Crippen molar-refractivity contribution in [3.63, 3.8) is 0 Å². The molecule has 4 rings (SSSR count).